The number of esters is 1. The molecule has 0 spiro atoms. The fraction of sp³-hybridized carbons (Fsp3) is 0.632. The largest absolute Gasteiger partial charge is 0.493 e. The first-order chi connectivity index (χ1) is 11.0. The van der Waals surface area contributed by atoms with Crippen LogP contribution in [-0.4, -0.2) is 17.4 Å². The van der Waals surface area contributed by atoms with Crippen LogP contribution in [0.3, 0.4) is 0 Å². The average Bonchev–Trinajstić information content (AvgIpc) is 2.44. The SMILES string of the molecule is COc1ccccc1OC(=O)CC12C[C@@H]3C[C@@H](CC(Br)(C3)C1)C2. The summed E-state index contributed by atoms with van der Waals surface area (Å²) in [6.07, 6.45) is 7.96. The van der Waals surface area contributed by atoms with Gasteiger partial charge in [-0.15, -0.1) is 0 Å². The molecule has 4 heteroatoms. The summed E-state index contributed by atoms with van der Waals surface area (Å²) >= 11 is 4.00. The molecule has 2 unspecified atom stereocenters. The summed E-state index contributed by atoms with van der Waals surface area (Å²) in [4.78, 5) is 12.6. The topological polar surface area (TPSA) is 35.5 Å². The molecule has 0 N–H and O–H groups in total. The Bertz CT molecular complexity index is 613. The Labute approximate surface area is 145 Å². The number of carbonyl (C=O) groups is 1. The first-order valence-electron chi connectivity index (χ1n) is 8.52. The maximum atomic E-state index is 12.6. The number of para-hydroxylation sites is 2. The van der Waals surface area contributed by atoms with E-state index >= 15 is 0 Å². The Morgan fingerprint density at radius 2 is 1.83 bits per heavy atom. The molecule has 4 aliphatic rings. The summed E-state index contributed by atoms with van der Waals surface area (Å²) < 4.78 is 11.2. The number of methoxy groups -OCH3 is 1. The van der Waals surface area contributed by atoms with Crippen LogP contribution >= 0.6 is 15.9 Å². The van der Waals surface area contributed by atoms with Gasteiger partial charge in [-0.05, 0) is 67.9 Å². The molecule has 0 aromatic heterocycles. The van der Waals surface area contributed by atoms with Crippen LogP contribution in [-0.2, 0) is 4.79 Å². The van der Waals surface area contributed by atoms with Gasteiger partial charge in [0.15, 0.2) is 11.5 Å². The normalized spacial score (nSPS) is 37.7. The van der Waals surface area contributed by atoms with E-state index in [-0.39, 0.29) is 15.7 Å². The molecule has 5 rings (SSSR count). The van der Waals surface area contributed by atoms with Gasteiger partial charge < -0.3 is 9.47 Å². The summed E-state index contributed by atoms with van der Waals surface area (Å²) in [6, 6.07) is 7.36. The maximum Gasteiger partial charge on any atom is 0.311 e. The van der Waals surface area contributed by atoms with Crippen molar-refractivity contribution in [3.63, 3.8) is 0 Å². The van der Waals surface area contributed by atoms with Crippen molar-refractivity contribution in [2.24, 2.45) is 17.3 Å². The zero-order valence-corrected chi connectivity index (χ0v) is 15.1. The highest BCUT2D eigenvalue weighted by atomic mass is 79.9. The lowest BCUT2D eigenvalue weighted by molar-refractivity contribution is -0.141. The highest BCUT2D eigenvalue weighted by molar-refractivity contribution is 9.10. The monoisotopic (exact) mass is 378 g/mol. The molecule has 4 fully saturated rings. The summed E-state index contributed by atoms with van der Waals surface area (Å²) in [5.74, 6) is 2.60. The van der Waals surface area contributed by atoms with Crippen molar-refractivity contribution in [3.05, 3.63) is 24.3 Å². The van der Waals surface area contributed by atoms with Crippen LogP contribution in [0.4, 0.5) is 0 Å². The third-order valence-corrected chi connectivity index (χ3v) is 6.85. The molecule has 0 aliphatic heterocycles. The van der Waals surface area contributed by atoms with Gasteiger partial charge in [-0.3, -0.25) is 4.79 Å². The first-order valence-corrected chi connectivity index (χ1v) is 9.31. The second kappa shape index (κ2) is 5.51. The number of hydrogen-bond donors (Lipinski definition) is 0. The van der Waals surface area contributed by atoms with Gasteiger partial charge in [0.2, 0.25) is 0 Å². The van der Waals surface area contributed by atoms with E-state index in [2.05, 4.69) is 15.9 Å². The minimum Gasteiger partial charge on any atom is -0.493 e. The van der Waals surface area contributed by atoms with Gasteiger partial charge >= 0.3 is 5.97 Å². The summed E-state index contributed by atoms with van der Waals surface area (Å²) in [5.41, 5.74) is 0.146. The molecule has 4 atom stereocenters. The number of ether oxygens (including phenoxy) is 2. The molecule has 1 aromatic rings. The van der Waals surface area contributed by atoms with Gasteiger partial charge in [0.05, 0.1) is 13.5 Å². The summed E-state index contributed by atoms with van der Waals surface area (Å²) in [5, 5.41) is 0. The van der Waals surface area contributed by atoms with Crippen LogP contribution in [0.25, 0.3) is 0 Å². The van der Waals surface area contributed by atoms with Crippen molar-refractivity contribution in [2.75, 3.05) is 7.11 Å². The number of halogens is 1. The van der Waals surface area contributed by atoms with E-state index in [0.29, 0.717) is 17.9 Å². The highest BCUT2D eigenvalue weighted by Gasteiger charge is 2.57. The maximum absolute atomic E-state index is 12.6. The summed E-state index contributed by atoms with van der Waals surface area (Å²) in [6.45, 7) is 0. The molecular formula is C19H23BrO3. The number of benzene rings is 1. The van der Waals surface area contributed by atoms with E-state index in [4.69, 9.17) is 9.47 Å². The van der Waals surface area contributed by atoms with Crippen molar-refractivity contribution in [1.29, 1.82) is 0 Å². The van der Waals surface area contributed by atoms with E-state index in [9.17, 15) is 4.79 Å². The molecule has 4 aliphatic carbocycles. The Kier molecular flexibility index (Phi) is 3.71. The van der Waals surface area contributed by atoms with E-state index in [1.54, 1.807) is 13.2 Å². The standard InChI is InChI=1S/C19H23BrO3/c1-22-15-4-2-3-5-16(15)23-17(21)11-18-7-13-6-14(8-18)10-19(20,9-13)12-18/h2-5,13-14H,6-12H2,1H3/t13-,14+,18?,19?. The minimum absolute atomic E-state index is 0.118. The van der Waals surface area contributed by atoms with Gasteiger partial charge in [0.25, 0.3) is 0 Å². The fourth-order valence-corrected chi connectivity index (χ4v) is 7.22. The molecule has 1 aromatic carbocycles. The number of rotatable bonds is 4. The lowest BCUT2D eigenvalue weighted by Gasteiger charge is -2.60. The Morgan fingerprint density at radius 1 is 1.17 bits per heavy atom. The Morgan fingerprint density at radius 3 is 2.43 bits per heavy atom. The van der Waals surface area contributed by atoms with Crippen molar-refractivity contribution >= 4 is 21.9 Å². The number of alkyl halides is 1. The number of hydrogen-bond acceptors (Lipinski definition) is 3. The van der Waals surface area contributed by atoms with Gasteiger partial charge in [-0.25, -0.2) is 0 Å². The molecule has 0 amide bonds. The van der Waals surface area contributed by atoms with Crippen molar-refractivity contribution < 1.29 is 14.3 Å². The van der Waals surface area contributed by atoms with Crippen LogP contribution < -0.4 is 9.47 Å². The zero-order chi connectivity index (χ0) is 16.1. The highest BCUT2D eigenvalue weighted by Crippen LogP contribution is 2.65. The Hall–Kier alpha value is -1.03. The third-order valence-electron chi connectivity index (χ3n) is 5.92. The average molecular weight is 379 g/mol. The van der Waals surface area contributed by atoms with Crippen LogP contribution in [0, 0.1) is 17.3 Å². The predicted molar refractivity (Wildman–Crippen MR) is 92.0 cm³/mol. The number of carbonyl (C=O) groups excluding carboxylic acids is 1. The minimum atomic E-state index is -0.118. The fourth-order valence-electron chi connectivity index (χ4n) is 5.71. The zero-order valence-electron chi connectivity index (χ0n) is 13.5. The Balaban J connectivity index is 1.49. The van der Waals surface area contributed by atoms with Crippen molar-refractivity contribution in [1.82, 2.24) is 0 Å². The van der Waals surface area contributed by atoms with E-state index in [0.717, 1.165) is 18.3 Å². The molecule has 0 saturated heterocycles. The van der Waals surface area contributed by atoms with E-state index in [1.165, 1.54) is 32.1 Å². The lowest BCUT2D eigenvalue weighted by atomic mass is 9.49. The van der Waals surface area contributed by atoms with Gasteiger partial charge in [0.1, 0.15) is 0 Å². The molecule has 4 bridgehead atoms. The second-order valence-electron chi connectivity index (χ2n) is 7.91. The molecule has 23 heavy (non-hydrogen) atoms. The van der Waals surface area contributed by atoms with Crippen LogP contribution in [0.15, 0.2) is 24.3 Å². The molecule has 124 valence electrons. The summed E-state index contributed by atoms with van der Waals surface area (Å²) in [7, 11) is 1.60. The van der Waals surface area contributed by atoms with E-state index in [1.807, 2.05) is 18.2 Å². The molecule has 3 nitrogen and oxygen atoms in total. The smallest absolute Gasteiger partial charge is 0.311 e. The van der Waals surface area contributed by atoms with Gasteiger partial charge in [0, 0.05) is 4.32 Å². The second-order valence-corrected chi connectivity index (χ2v) is 9.60. The quantitative estimate of drug-likeness (QED) is 0.431. The molecule has 0 radical (unpaired) electrons. The van der Waals surface area contributed by atoms with Crippen LogP contribution in [0.2, 0.25) is 0 Å². The lowest BCUT2D eigenvalue weighted by Crippen LogP contribution is -2.53. The predicted octanol–water partition coefficient (Wildman–Crippen LogP) is 4.72. The van der Waals surface area contributed by atoms with Crippen molar-refractivity contribution in [2.45, 2.75) is 49.3 Å². The van der Waals surface area contributed by atoms with Crippen molar-refractivity contribution in [3.8, 4) is 11.5 Å². The molecule has 4 saturated carbocycles. The first kappa shape index (κ1) is 15.5. The third kappa shape index (κ3) is 2.90. The molecular weight excluding hydrogens is 356 g/mol. The van der Waals surface area contributed by atoms with Gasteiger partial charge in [-0.2, -0.15) is 0 Å². The van der Waals surface area contributed by atoms with E-state index < -0.39 is 0 Å². The van der Waals surface area contributed by atoms with Crippen LogP contribution in [0.1, 0.15) is 44.9 Å². The van der Waals surface area contributed by atoms with Gasteiger partial charge in [-0.1, -0.05) is 28.1 Å². The molecule has 0 heterocycles. The van der Waals surface area contributed by atoms with Crippen LogP contribution in [0.5, 0.6) is 11.5 Å².